The van der Waals surface area contributed by atoms with Crippen LogP contribution in [-0.2, 0) is 9.53 Å². The number of ether oxygens (including phenoxy) is 2. The van der Waals surface area contributed by atoms with Crippen molar-refractivity contribution in [3.63, 3.8) is 0 Å². The number of carbonyl (C=O) groups excluding carboxylic acids is 1. The van der Waals surface area contributed by atoms with Gasteiger partial charge < -0.3 is 14.0 Å². The van der Waals surface area contributed by atoms with Crippen molar-refractivity contribution in [1.29, 1.82) is 0 Å². The minimum Gasteiger partial charge on any atom is -0.497 e. The van der Waals surface area contributed by atoms with Crippen LogP contribution in [0.25, 0.3) is 6.08 Å². The van der Waals surface area contributed by atoms with E-state index in [0.29, 0.717) is 6.61 Å². The third kappa shape index (κ3) is 6.62. The molecule has 0 bridgehead atoms. The monoisotopic (exact) mass is 264 g/mol. The van der Waals surface area contributed by atoms with Gasteiger partial charge in [0.15, 0.2) is 0 Å². The number of hydrogen-bond donors (Lipinski definition) is 0. The van der Waals surface area contributed by atoms with Gasteiger partial charge in [0.05, 0.1) is 28.3 Å². The summed E-state index contributed by atoms with van der Waals surface area (Å²) in [5, 5.41) is 0. The van der Waals surface area contributed by atoms with Gasteiger partial charge in [-0.2, -0.15) is 0 Å². The molecule has 0 unspecified atom stereocenters. The zero-order chi connectivity index (χ0) is 14.3. The Bertz CT molecular complexity index is 430. The highest BCUT2D eigenvalue weighted by molar-refractivity contribution is 5.87. The first-order valence-electron chi connectivity index (χ1n) is 6.20. The third-order valence-electron chi connectivity index (χ3n) is 2.53. The molecule has 0 amide bonds. The van der Waals surface area contributed by atoms with Crippen LogP contribution in [0.15, 0.2) is 30.3 Å². The van der Waals surface area contributed by atoms with Gasteiger partial charge >= 0.3 is 5.97 Å². The van der Waals surface area contributed by atoms with Crippen molar-refractivity contribution in [2.45, 2.75) is 0 Å². The Balaban J connectivity index is 2.40. The number of methoxy groups -OCH3 is 1. The number of carbonyl (C=O) groups is 1. The first kappa shape index (κ1) is 15.2. The van der Waals surface area contributed by atoms with Gasteiger partial charge in [0, 0.05) is 6.08 Å². The molecule has 0 N–H and O–H groups in total. The molecule has 0 aromatic heterocycles. The van der Waals surface area contributed by atoms with Gasteiger partial charge in [-0.15, -0.1) is 0 Å². The number of esters is 1. The minimum atomic E-state index is -0.315. The lowest BCUT2D eigenvalue weighted by Crippen LogP contribution is -2.37. The van der Waals surface area contributed by atoms with Gasteiger partial charge in [-0.25, -0.2) is 4.79 Å². The largest absolute Gasteiger partial charge is 0.497 e. The van der Waals surface area contributed by atoms with Crippen LogP contribution >= 0.6 is 0 Å². The molecule has 4 heteroatoms. The van der Waals surface area contributed by atoms with E-state index in [1.54, 1.807) is 13.2 Å². The molecule has 0 aliphatic rings. The van der Waals surface area contributed by atoms with E-state index >= 15 is 0 Å². The summed E-state index contributed by atoms with van der Waals surface area (Å²) >= 11 is 0. The predicted octanol–water partition coefficient (Wildman–Crippen LogP) is 1.96. The molecule has 1 aromatic rings. The summed E-state index contributed by atoms with van der Waals surface area (Å²) in [7, 11) is 7.79. The van der Waals surface area contributed by atoms with Crippen molar-refractivity contribution in [1.82, 2.24) is 0 Å². The molecule has 0 heterocycles. The van der Waals surface area contributed by atoms with Gasteiger partial charge in [-0.05, 0) is 23.8 Å². The van der Waals surface area contributed by atoms with Gasteiger partial charge in [0.2, 0.25) is 0 Å². The summed E-state index contributed by atoms with van der Waals surface area (Å²) in [6.07, 6.45) is 3.17. The second kappa shape index (κ2) is 6.95. The van der Waals surface area contributed by atoms with Gasteiger partial charge in [0.1, 0.15) is 18.9 Å². The summed E-state index contributed by atoms with van der Waals surface area (Å²) in [5.74, 6) is 0.479. The Labute approximate surface area is 114 Å². The average Bonchev–Trinajstić information content (AvgIpc) is 2.35. The van der Waals surface area contributed by atoms with Crippen molar-refractivity contribution in [3.8, 4) is 5.75 Å². The Morgan fingerprint density at radius 3 is 2.37 bits per heavy atom. The van der Waals surface area contributed by atoms with Gasteiger partial charge in [-0.1, -0.05) is 12.1 Å². The van der Waals surface area contributed by atoms with E-state index in [1.165, 1.54) is 6.08 Å². The van der Waals surface area contributed by atoms with Crippen molar-refractivity contribution in [3.05, 3.63) is 35.9 Å². The lowest BCUT2D eigenvalue weighted by molar-refractivity contribution is -0.870. The Kier molecular flexibility index (Phi) is 5.57. The van der Waals surface area contributed by atoms with E-state index in [2.05, 4.69) is 21.1 Å². The number of benzene rings is 1. The van der Waals surface area contributed by atoms with Crippen LogP contribution in [0, 0.1) is 0 Å². The number of likely N-dealkylation sites (N-methyl/N-ethyl adjacent to an activating group) is 1. The molecule has 0 aliphatic carbocycles. The quantitative estimate of drug-likeness (QED) is 0.447. The third-order valence-corrected chi connectivity index (χ3v) is 2.53. The van der Waals surface area contributed by atoms with Crippen LogP contribution in [0.5, 0.6) is 5.75 Å². The number of quaternary nitrogens is 1. The molecule has 1 rings (SSSR count). The van der Waals surface area contributed by atoms with Crippen LogP contribution in [0.1, 0.15) is 5.56 Å². The molecule has 0 saturated carbocycles. The molecule has 104 valence electrons. The van der Waals surface area contributed by atoms with E-state index in [4.69, 9.17) is 9.47 Å². The van der Waals surface area contributed by atoms with Crippen LogP contribution in [0.2, 0.25) is 0 Å². The molecule has 0 radical (unpaired) electrons. The van der Waals surface area contributed by atoms with Crippen molar-refractivity contribution < 1.29 is 18.8 Å². The second-order valence-corrected chi connectivity index (χ2v) is 5.29. The highest BCUT2D eigenvalue weighted by Gasteiger charge is 2.07. The second-order valence-electron chi connectivity index (χ2n) is 5.29. The fraction of sp³-hybridized carbons (Fsp3) is 0.400. The van der Waals surface area contributed by atoms with Crippen LogP contribution in [-0.4, -0.2) is 51.9 Å². The average molecular weight is 264 g/mol. The fourth-order valence-electron chi connectivity index (χ4n) is 1.35. The van der Waals surface area contributed by atoms with E-state index in [1.807, 2.05) is 24.3 Å². The fourth-order valence-corrected chi connectivity index (χ4v) is 1.35. The van der Waals surface area contributed by atoms with Crippen LogP contribution in [0.4, 0.5) is 0 Å². The van der Waals surface area contributed by atoms with Crippen LogP contribution in [0.3, 0.4) is 0 Å². The lowest BCUT2D eigenvalue weighted by atomic mass is 10.2. The maximum absolute atomic E-state index is 11.5. The van der Waals surface area contributed by atoms with Crippen molar-refractivity contribution in [2.24, 2.45) is 0 Å². The normalized spacial score (nSPS) is 11.6. The molecule has 0 fully saturated rings. The molecule has 4 nitrogen and oxygen atoms in total. The Hall–Kier alpha value is -1.81. The van der Waals surface area contributed by atoms with Crippen molar-refractivity contribution >= 4 is 12.0 Å². The molecular weight excluding hydrogens is 242 g/mol. The van der Waals surface area contributed by atoms with E-state index < -0.39 is 0 Å². The first-order chi connectivity index (χ1) is 8.90. The first-order valence-corrected chi connectivity index (χ1v) is 6.20. The standard InChI is InChI=1S/C15H22NO3/c1-16(2,3)11-12-19-15(17)10-7-13-5-8-14(18-4)9-6-13/h5-10H,11-12H2,1-4H3/q+1/b10-7+. The van der Waals surface area contributed by atoms with E-state index in [0.717, 1.165) is 22.3 Å². The Morgan fingerprint density at radius 1 is 1.21 bits per heavy atom. The molecule has 0 atom stereocenters. The summed E-state index contributed by atoms with van der Waals surface area (Å²) < 4.78 is 11.0. The summed E-state index contributed by atoms with van der Waals surface area (Å²) in [6.45, 7) is 1.22. The SMILES string of the molecule is COc1ccc(/C=C/C(=O)OCC[N+](C)(C)C)cc1. The van der Waals surface area contributed by atoms with Crippen LogP contribution < -0.4 is 4.74 Å². The topological polar surface area (TPSA) is 35.5 Å². The summed E-state index contributed by atoms with van der Waals surface area (Å²) in [6, 6.07) is 7.47. The molecule has 0 saturated heterocycles. The van der Waals surface area contributed by atoms with Gasteiger partial charge in [0.25, 0.3) is 0 Å². The zero-order valence-corrected chi connectivity index (χ0v) is 12.1. The summed E-state index contributed by atoms with van der Waals surface area (Å²) in [4.78, 5) is 11.5. The minimum absolute atomic E-state index is 0.315. The molecule has 19 heavy (non-hydrogen) atoms. The maximum Gasteiger partial charge on any atom is 0.330 e. The Morgan fingerprint density at radius 2 is 1.84 bits per heavy atom. The zero-order valence-electron chi connectivity index (χ0n) is 12.1. The maximum atomic E-state index is 11.5. The number of nitrogens with zero attached hydrogens (tertiary/aromatic N) is 1. The van der Waals surface area contributed by atoms with E-state index in [-0.39, 0.29) is 5.97 Å². The lowest BCUT2D eigenvalue weighted by Gasteiger charge is -2.23. The highest BCUT2D eigenvalue weighted by atomic mass is 16.5. The number of hydrogen-bond acceptors (Lipinski definition) is 3. The highest BCUT2D eigenvalue weighted by Crippen LogP contribution is 2.12. The molecular formula is C15H22NO3+. The predicted molar refractivity (Wildman–Crippen MR) is 75.9 cm³/mol. The van der Waals surface area contributed by atoms with E-state index in [9.17, 15) is 4.79 Å². The van der Waals surface area contributed by atoms with Gasteiger partial charge in [-0.3, -0.25) is 0 Å². The molecule has 0 aliphatic heterocycles. The number of rotatable bonds is 6. The molecule has 0 spiro atoms. The smallest absolute Gasteiger partial charge is 0.330 e. The van der Waals surface area contributed by atoms with Crippen molar-refractivity contribution in [2.75, 3.05) is 41.4 Å². The summed E-state index contributed by atoms with van der Waals surface area (Å²) in [5.41, 5.74) is 0.935. The molecule has 1 aromatic carbocycles.